The van der Waals surface area contributed by atoms with Gasteiger partial charge in [-0.1, -0.05) is 0 Å². The second kappa shape index (κ2) is 3.89. The molecule has 2 N–H and O–H groups in total. The van der Waals surface area contributed by atoms with Gasteiger partial charge in [-0.2, -0.15) is 0 Å². The van der Waals surface area contributed by atoms with E-state index in [1.54, 1.807) is 0 Å². The zero-order valence-electron chi connectivity index (χ0n) is 10.1. The average Bonchev–Trinajstić information content (AvgIpc) is 2.44. The van der Waals surface area contributed by atoms with Crippen molar-refractivity contribution in [2.24, 2.45) is 0 Å². The van der Waals surface area contributed by atoms with Crippen LogP contribution >= 0.6 is 11.8 Å². The third kappa shape index (κ3) is 2.08. The third-order valence-corrected chi connectivity index (χ3v) is 5.28. The summed E-state index contributed by atoms with van der Waals surface area (Å²) in [6, 6.07) is -0.430. The van der Waals surface area contributed by atoms with E-state index in [9.17, 15) is 9.90 Å². The van der Waals surface area contributed by atoms with Gasteiger partial charge in [-0.3, -0.25) is 10.1 Å². The van der Waals surface area contributed by atoms with Crippen LogP contribution < -0.4 is 5.32 Å². The van der Waals surface area contributed by atoms with Crippen molar-refractivity contribution in [3.05, 3.63) is 0 Å². The Balaban J connectivity index is 2.13. The topological polar surface area (TPSA) is 52.6 Å². The molecule has 0 aromatic heterocycles. The molecule has 16 heavy (non-hydrogen) atoms. The monoisotopic (exact) mass is 244 g/mol. The Morgan fingerprint density at radius 2 is 2.00 bits per heavy atom. The van der Waals surface area contributed by atoms with E-state index in [1.807, 2.05) is 25.6 Å². The Labute approximate surface area is 101 Å². The minimum absolute atomic E-state index is 0.0148. The molecule has 2 rings (SSSR count). The fourth-order valence-corrected chi connectivity index (χ4v) is 4.46. The van der Waals surface area contributed by atoms with Crippen LogP contribution in [-0.4, -0.2) is 51.8 Å². The van der Waals surface area contributed by atoms with Gasteiger partial charge in [-0.05, 0) is 33.7 Å². The number of rotatable bonds is 1. The highest BCUT2D eigenvalue weighted by Gasteiger charge is 2.53. The van der Waals surface area contributed by atoms with E-state index in [4.69, 9.17) is 0 Å². The van der Waals surface area contributed by atoms with Crippen LogP contribution in [0.2, 0.25) is 0 Å². The molecule has 1 unspecified atom stereocenters. The zero-order chi connectivity index (χ0) is 12.0. The molecule has 2 fully saturated rings. The summed E-state index contributed by atoms with van der Waals surface area (Å²) in [5.74, 6) is -0.728. The molecule has 1 spiro atoms. The molecule has 92 valence electrons. The Morgan fingerprint density at radius 1 is 1.44 bits per heavy atom. The van der Waals surface area contributed by atoms with Crippen molar-refractivity contribution in [1.82, 2.24) is 10.2 Å². The van der Waals surface area contributed by atoms with Crippen LogP contribution in [0.5, 0.6) is 0 Å². The second-order valence-electron chi connectivity index (χ2n) is 5.42. The van der Waals surface area contributed by atoms with Gasteiger partial charge in [0.15, 0.2) is 0 Å². The highest BCUT2D eigenvalue weighted by Crippen LogP contribution is 2.49. The highest BCUT2D eigenvalue weighted by atomic mass is 32.2. The van der Waals surface area contributed by atoms with Crippen LogP contribution in [0.15, 0.2) is 0 Å². The number of thioether (sulfide) groups is 1. The Kier molecular flexibility index (Phi) is 2.97. The largest absolute Gasteiger partial charge is 0.480 e. The first-order chi connectivity index (χ1) is 7.35. The van der Waals surface area contributed by atoms with E-state index in [2.05, 4.69) is 17.3 Å². The van der Waals surface area contributed by atoms with Gasteiger partial charge in [0.25, 0.3) is 0 Å². The van der Waals surface area contributed by atoms with Gasteiger partial charge in [-0.25, -0.2) is 0 Å². The van der Waals surface area contributed by atoms with Gasteiger partial charge < -0.3 is 10.0 Å². The Bertz CT molecular complexity index is 298. The van der Waals surface area contributed by atoms with Crippen molar-refractivity contribution >= 4 is 17.7 Å². The smallest absolute Gasteiger partial charge is 0.322 e. The standard InChI is InChI=1S/C11H20N2O2S/c1-10(2)8(9(14)15)12-11(16-10)4-6-13(3)7-5-11/h8,12H,4-7H2,1-3H3,(H,14,15). The summed E-state index contributed by atoms with van der Waals surface area (Å²) in [5, 5.41) is 12.6. The minimum Gasteiger partial charge on any atom is -0.480 e. The predicted octanol–water partition coefficient (Wildman–Crippen LogP) is 0.977. The van der Waals surface area contributed by atoms with E-state index in [-0.39, 0.29) is 9.62 Å². The lowest BCUT2D eigenvalue weighted by Gasteiger charge is -2.37. The molecule has 2 saturated heterocycles. The highest BCUT2D eigenvalue weighted by molar-refractivity contribution is 8.02. The number of hydrogen-bond acceptors (Lipinski definition) is 4. The molecule has 4 nitrogen and oxygen atoms in total. The molecule has 0 saturated carbocycles. The molecule has 0 bridgehead atoms. The van der Waals surface area contributed by atoms with Crippen molar-refractivity contribution in [1.29, 1.82) is 0 Å². The molecule has 2 aliphatic heterocycles. The van der Waals surface area contributed by atoms with Crippen LogP contribution in [0.25, 0.3) is 0 Å². The van der Waals surface area contributed by atoms with E-state index in [0.717, 1.165) is 25.9 Å². The predicted molar refractivity (Wildman–Crippen MR) is 65.7 cm³/mol. The SMILES string of the molecule is CN1CCC2(CC1)NC(C(=O)O)C(C)(C)S2. The molecule has 0 aromatic carbocycles. The first-order valence-corrected chi connectivity index (χ1v) is 6.56. The number of hydrogen-bond donors (Lipinski definition) is 2. The maximum absolute atomic E-state index is 11.2. The zero-order valence-corrected chi connectivity index (χ0v) is 10.9. The molecule has 2 heterocycles. The lowest BCUT2D eigenvalue weighted by Crippen LogP contribution is -2.52. The molecule has 1 atom stereocenters. The molecule has 0 aromatic rings. The van der Waals surface area contributed by atoms with Gasteiger partial charge >= 0.3 is 5.97 Å². The molecule has 0 amide bonds. The van der Waals surface area contributed by atoms with Gasteiger partial charge in [0.05, 0.1) is 4.87 Å². The summed E-state index contributed by atoms with van der Waals surface area (Å²) in [5.41, 5.74) is 0. The summed E-state index contributed by atoms with van der Waals surface area (Å²) in [6.07, 6.45) is 2.06. The summed E-state index contributed by atoms with van der Waals surface area (Å²) in [6.45, 7) is 6.14. The number of carbonyl (C=O) groups is 1. The maximum Gasteiger partial charge on any atom is 0.322 e. The molecule has 0 aliphatic carbocycles. The minimum atomic E-state index is -0.728. The summed E-state index contributed by atoms with van der Waals surface area (Å²) >= 11 is 1.81. The van der Waals surface area contributed by atoms with Crippen molar-refractivity contribution in [2.75, 3.05) is 20.1 Å². The van der Waals surface area contributed by atoms with Crippen LogP contribution in [0.3, 0.4) is 0 Å². The quantitative estimate of drug-likeness (QED) is 0.720. The summed E-state index contributed by atoms with van der Waals surface area (Å²) in [7, 11) is 2.12. The number of aliphatic carboxylic acids is 1. The normalized spacial score (nSPS) is 33.1. The lowest BCUT2D eigenvalue weighted by atomic mass is 9.99. The number of piperidine rings is 1. The third-order valence-electron chi connectivity index (χ3n) is 3.60. The van der Waals surface area contributed by atoms with Crippen LogP contribution in [-0.2, 0) is 4.79 Å². The molecular weight excluding hydrogens is 224 g/mol. The van der Waals surface area contributed by atoms with Crippen LogP contribution in [0.4, 0.5) is 0 Å². The first-order valence-electron chi connectivity index (χ1n) is 5.74. The van der Waals surface area contributed by atoms with Gasteiger partial charge in [0.1, 0.15) is 6.04 Å². The summed E-state index contributed by atoms with van der Waals surface area (Å²) in [4.78, 5) is 13.5. The van der Waals surface area contributed by atoms with Crippen LogP contribution in [0, 0.1) is 0 Å². The summed E-state index contributed by atoms with van der Waals surface area (Å²) < 4.78 is -0.220. The number of carboxylic acid groups (broad SMARTS) is 1. The Hall–Kier alpha value is -0.260. The van der Waals surface area contributed by atoms with E-state index < -0.39 is 12.0 Å². The van der Waals surface area contributed by atoms with Gasteiger partial charge in [0.2, 0.25) is 0 Å². The fraction of sp³-hybridized carbons (Fsp3) is 0.909. The molecular formula is C11H20N2O2S. The van der Waals surface area contributed by atoms with Crippen molar-refractivity contribution < 1.29 is 9.90 Å². The lowest BCUT2D eigenvalue weighted by molar-refractivity contribution is -0.140. The van der Waals surface area contributed by atoms with Crippen molar-refractivity contribution in [2.45, 2.75) is 42.3 Å². The Morgan fingerprint density at radius 3 is 2.44 bits per heavy atom. The van der Waals surface area contributed by atoms with E-state index in [0.29, 0.717) is 0 Å². The van der Waals surface area contributed by atoms with Gasteiger partial charge in [-0.15, -0.1) is 11.8 Å². The molecule has 2 aliphatic rings. The first kappa shape index (κ1) is 12.2. The fourth-order valence-electron chi connectivity index (χ4n) is 2.61. The van der Waals surface area contributed by atoms with Crippen molar-refractivity contribution in [3.8, 4) is 0 Å². The van der Waals surface area contributed by atoms with Gasteiger partial charge in [0, 0.05) is 17.8 Å². The number of nitrogens with zero attached hydrogens (tertiary/aromatic N) is 1. The van der Waals surface area contributed by atoms with Crippen molar-refractivity contribution in [3.63, 3.8) is 0 Å². The number of nitrogens with one attached hydrogen (secondary N) is 1. The van der Waals surface area contributed by atoms with Crippen LogP contribution in [0.1, 0.15) is 26.7 Å². The maximum atomic E-state index is 11.2. The molecule has 5 heteroatoms. The number of likely N-dealkylation sites (tertiary alicyclic amines) is 1. The second-order valence-corrected chi connectivity index (χ2v) is 7.46. The number of carboxylic acids is 1. The van der Waals surface area contributed by atoms with E-state index in [1.165, 1.54) is 0 Å². The average molecular weight is 244 g/mol. The molecule has 0 radical (unpaired) electrons. The van der Waals surface area contributed by atoms with E-state index >= 15 is 0 Å².